The number of pyridine rings is 2. The summed E-state index contributed by atoms with van der Waals surface area (Å²) >= 11 is 0. The van der Waals surface area contributed by atoms with Gasteiger partial charge in [-0.1, -0.05) is 148 Å². The minimum absolute atomic E-state index is 0.242. The van der Waals surface area contributed by atoms with Gasteiger partial charge in [0.1, 0.15) is 0 Å². The largest absolute Gasteiger partial charge is 0.288 e. The molecule has 5 rings (SSSR count). The van der Waals surface area contributed by atoms with Gasteiger partial charge in [0.25, 0.3) is 0 Å². The number of aliphatic imine (C=N–C) groups is 2. The van der Waals surface area contributed by atoms with Gasteiger partial charge in [0.15, 0.2) is 0 Å². The molecule has 0 radical (unpaired) electrons. The molecule has 4 aromatic rings. The molecular formula is C57H82N4. The Morgan fingerprint density at radius 2 is 1.05 bits per heavy atom. The van der Waals surface area contributed by atoms with E-state index in [0.717, 1.165) is 71.2 Å². The third-order valence-electron chi connectivity index (χ3n) is 10.8. The molecule has 0 N–H and O–H groups in total. The van der Waals surface area contributed by atoms with Gasteiger partial charge < -0.3 is 0 Å². The Labute approximate surface area is 374 Å². The highest BCUT2D eigenvalue weighted by molar-refractivity contribution is 6.01. The lowest BCUT2D eigenvalue weighted by atomic mass is 9.97. The van der Waals surface area contributed by atoms with Gasteiger partial charge in [-0.2, -0.15) is 0 Å². The van der Waals surface area contributed by atoms with Gasteiger partial charge in [0.2, 0.25) is 0 Å². The van der Waals surface area contributed by atoms with Crippen LogP contribution in [0.25, 0.3) is 11.1 Å². The Bertz CT molecular complexity index is 1940. The minimum atomic E-state index is 0.242. The van der Waals surface area contributed by atoms with Crippen LogP contribution in [0.1, 0.15) is 190 Å². The maximum Gasteiger partial charge on any atom is 0.0847 e. The molecule has 0 saturated carbocycles. The minimum Gasteiger partial charge on any atom is -0.288 e. The average molecular weight is 823 g/mol. The van der Waals surface area contributed by atoms with Crippen molar-refractivity contribution in [3.05, 3.63) is 155 Å². The van der Waals surface area contributed by atoms with Crippen LogP contribution in [0.2, 0.25) is 0 Å². The van der Waals surface area contributed by atoms with Crippen molar-refractivity contribution in [2.45, 2.75) is 166 Å². The van der Waals surface area contributed by atoms with Crippen LogP contribution < -0.4 is 0 Å². The molecule has 2 aromatic heterocycles. The van der Waals surface area contributed by atoms with Gasteiger partial charge in [-0.25, -0.2) is 9.97 Å². The van der Waals surface area contributed by atoms with Gasteiger partial charge in [-0.3, -0.25) is 9.98 Å². The first-order valence-electron chi connectivity index (χ1n) is 23.3. The summed E-state index contributed by atoms with van der Waals surface area (Å²) in [5.41, 5.74) is 14.4. The SMILES string of the molecule is C1=C\CCCCCC/1.C=C(C)c1cccc(C(=C)C)n1.CC.CCC(Cc1ccc(C(C)C)cc1)N=C(C)c1cc(C)cc(C(C)=NCC(C)Cc2ccc(C(C)C)cc2)n1. The van der Waals surface area contributed by atoms with Gasteiger partial charge in [0.05, 0.1) is 40.2 Å². The van der Waals surface area contributed by atoms with Crippen LogP contribution in [0, 0.1) is 12.8 Å². The molecule has 61 heavy (non-hydrogen) atoms. The number of benzene rings is 2. The van der Waals surface area contributed by atoms with Gasteiger partial charge >= 0.3 is 0 Å². The zero-order valence-corrected chi connectivity index (χ0v) is 40.7. The lowest BCUT2D eigenvalue weighted by Gasteiger charge is -2.14. The first-order valence-corrected chi connectivity index (χ1v) is 23.3. The Hall–Kier alpha value is -4.70. The van der Waals surface area contributed by atoms with E-state index in [1.807, 2.05) is 45.9 Å². The molecule has 2 aromatic carbocycles. The van der Waals surface area contributed by atoms with Crippen LogP contribution in [-0.4, -0.2) is 34.0 Å². The standard InChI is InChI=1S/C36H49N3.C11H13N.C8H14.C2H6/c1-10-34(22-31-13-17-33(18-14-31)25(4)5)38-29(9)36-21-26(6)20-35(39-36)28(8)37-23-27(7)19-30-11-15-32(16-12-30)24(2)3;1-8(2)10-6-5-7-11(12-10)9(3)4;1-2-4-6-8-7-5-3-1;1-2/h11-18,20-21,24-25,27,34H,10,19,22-23H2,1-9H3;5-7H,1,3H2,2,4H3;1-2H,3-8H2;1-2H3/b;;2-1-;. The molecular weight excluding hydrogens is 741 g/mol. The van der Waals surface area contributed by atoms with Crippen LogP contribution in [0.3, 0.4) is 0 Å². The molecule has 0 bridgehead atoms. The predicted molar refractivity (Wildman–Crippen MR) is 272 cm³/mol. The number of nitrogens with zero attached hydrogens (tertiary/aromatic N) is 4. The second-order valence-electron chi connectivity index (χ2n) is 17.4. The van der Waals surface area contributed by atoms with Crippen molar-refractivity contribution in [3.63, 3.8) is 0 Å². The van der Waals surface area contributed by atoms with Crippen molar-refractivity contribution in [3.8, 4) is 0 Å². The summed E-state index contributed by atoms with van der Waals surface area (Å²) in [6, 6.07) is 28.5. The molecule has 1 aliphatic rings. The van der Waals surface area contributed by atoms with Crippen molar-refractivity contribution in [2.75, 3.05) is 6.54 Å². The average Bonchev–Trinajstić information content (AvgIpc) is 3.23. The molecule has 1 aliphatic carbocycles. The molecule has 0 aliphatic heterocycles. The summed E-state index contributed by atoms with van der Waals surface area (Å²) in [7, 11) is 0. The third-order valence-corrected chi connectivity index (χ3v) is 10.8. The molecule has 0 saturated heterocycles. The zero-order valence-electron chi connectivity index (χ0n) is 40.7. The summed E-state index contributed by atoms with van der Waals surface area (Å²) in [5, 5.41) is 0. The van der Waals surface area contributed by atoms with E-state index in [2.05, 4.69) is 153 Å². The van der Waals surface area contributed by atoms with Crippen LogP contribution in [0.4, 0.5) is 0 Å². The maximum absolute atomic E-state index is 5.11. The second-order valence-corrected chi connectivity index (χ2v) is 17.4. The number of allylic oxidation sites excluding steroid dienone is 4. The molecule has 4 nitrogen and oxygen atoms in total. The molecule has 0 amide bonds. The summed E-state index contributed by atoms with van der Waals surface area (Å²) in [6.07, 6.45) is 16.0. The Balaban J connectivity index is 0.000000470. The van der Waals surface area contributed by atoms with Crippen molar-refractivity contribution in [2.24, 2.45) is 15.9 Å². The lowest BCUT2D eigenvalue weighted by molar-refractivity contribution is 0.594. The normalized spacial score (nSPS) is 14.5. The smallest absolute Gasteiger partial charge is 0.0847 e. The molecule has 2 unspecified atom stereocenters. The maximum atomic E-state index is 5.11. The predicted octanol–water partition coefficient (Wildman–Crippen LogP) is 16.2. The van der Waals surface area contributed by atoms with Crippen LogP contribution in [0.5, 0.6) is 0 Å². The van der Waals surface area contributed by atoms with Crippen molar-refractivity contribution in [1.29, 1.82) is 0 Å². The van der Waals surface area contributed by atoms with Crippen molar-refractivity contribution >= 4 is 22.6 Å². The highest BCUT2D eigenvalue weighted by Crippen LogP contribution is 2.20. The summed E-state index contributed by atoms with van der Waals surface area (Å²) in [4.78, 5) is 19.4. The van der Waals surface area contributed by atoms with Crippen molar-refractivity contribution < 1.29 is 0 Å². The first-order chi connectivity index (χ1) is 29.2. The number of aromatic nitrogens is 2. The monoisotopic (exact) mass is 823 g/mol. The Morgan fingerprint density at radius 1 is 0.607 bits per heavy atom. The Kier molecular flexibility index (Phi) is 24.7. The van der Waals surface area contributed by atoms with E-state index in [1.165, 1.54) is 66.3 Å². The van der Waals surface area contributed by atoms with Crippen LogP contribution in [0.15, 0.2) is 114 Å². The topological polar surface area (TPSA) is 50.5 Å². The summed E-state index contributed by atoms with van der Waals surface area (Å²) in [6.45, 7) is 36.1. The highest BCUT2D eigenvalue weighted by Gasteiger charge is 2.12. The Morgan fingerprint density at radius 3 is 1.49 bits per heavy atom. The fraction of sp³-hybridized carbons (Fsp3) is 0.474. The van der Waals surface area contributed by atoms with Crippen LogP contribution in [-0.2, 0) is 12.8 Å². The fourth-order valence-electron chi connectivity index (χ4n) is 6.87. The fourth-order valence-corrected chi connectivity index (χ4v) is 6.87. The molecule has 0 fully saturated rings. The van der Waals surface area contributed by atoms with E-state index in [9.17, 15) is 0 Å². The van der Waals surface area contributed by atoms with E-state index in [0.29, 0.717) is 17.8 Å². The van der Waals surface area contributed by atoms with Crippen molar-refractivity contribution in [1.82, 2.24) is 9.97 Å². The van der Waals surface area contributed by atoms with Gasteiger partial charge in [-0.15, -0.1) is 0 Å². The van der Waals surface area contributed by atoms with Gasteiger partial charge in [-0.05, 0) is 161 Å². The lowest BCUT2D eigenvalue weighted by Crippen LogP contribution is -2.13. The van der Waals surface area contributed by atoms with Gasteiger partial charge in [0, 0.05) is 6.54 Å². The van der Waals surface area contributed by atoms with E-state index in [1.54, 1.807) is 0 Å². The first kappa shape index (κ1) is 52.4. The van der Waals surface area contributed by atoms with E-state index in [-0.39, 0.29) is 6.04 Å². The molecule has 0 spiro atoms. The quantitative estimate of drug-likeness (QED) is 0.0939. The number of hydrogen-bond donors (Lipinski definition) is 0. The number of hydrogen-bond acceptors (Lipinski definition) is 4. The van der Waals surface area contributed by atoms with Crippen LogP contribution >= 0.6 is 0 Å². The summed E-state index contributed by atoms with van der Waals surface area (Å²) in [5.74, 6) is 1.59. The van der Waals surface area contributed by atoms with E-state index >= 15 is 0 Å². The van der Waals surface area contributed by atoms with E-state index < -0.39 is 0 Å². The molecule has 330 valence electrons. The zero-order chi connectivity index (χ0) is 45.3. The number of rotatable bonds is 14. The van der Waals surface area contributed by atoms with E-state index in [4.69, 9.17) is 15.0 Å². The number of aryl methyl sites for hydroxylation is 1. The summed E-state index contributed by atoms with van der Waals surface area (Å²) < 4.78 is 0. The second kappa shape index (κ2) is 28.8. The molecule has 2 heterocycles. The molecule has 2 atom stereocenters. The highest BCUT2D eigenvalue weighted by atomic mass is 14.8. The molecule has 4 heteroatoms. The third kappa shape index (κ3) is 20.1.